The fraction of sp³-hybridized carbons (Fsp3) is 0.571. The maximum atomic E-state index is 13.4. The molecule has 21 heavy (non-hydrogen) atoms. The van der Waals surface area contributed by atoms with E-state index >= 15 is 0 Å². The lowest BCUT2D eigenvalue weighted by Gasteiger charge is -2.18. The highest BCUT2D eigenvalue weighted by atomic mass is 19.4. The molecule has 0 spiro atoms. The lowest BCUT2D eigenvalue weighted by atomic mass is 10.1. The van der Waals surface area contributed by atoms with E-state index in [1.807, 2.05) is 0 Å². The number of rotatable bonds is 5. The minimum atomic E-state index is -4.17. The standard InChI is InChI=1S/C14H17F5N2/c15-12-2-1-11(13(16)5-12)7-20-6-10-3-4-21(8-10)9-14(17,18)19/h1-2,5,10,20H,3-4,6-9H2/t10-/m1/s1. The van der Waals surface area contributed by atoms with Crippen LogP contribution in [0.2, 0.25) is 0 Å². The van der Waals surface area contributed by atoms with Gasteiger partial charge in [0.1, 0.15) is 11.6 Å². The molecule has 1 N–H and O–H groups in total. The highest BCUT2D eigenvalue weighted by Gasteiger charge is 2.34. The highest BCUT2D eigenvalue weighted by Crippen LogP contribution is 2.22. The molecular weight excluding hydrogens is 291 g/mol. The minimum Gasteiger partial charge on any atom is -0.312 e. The normalized spacial score (nSPS) is 20.1. The van der Waals surface area contributed by atoms with E-state index in [4.69, 9.17) is 0 Å². The predicted molar refractivity (Wildman–Crippen MR) is 68.7 cm³/mol. The molecule has 1 heterocycles. The second-order valence-corrected chi connectivity index (χ2v) is 5.37. The molecular formula is C14H17F5N2. The van der Waals surface area contributed by atoms with Crippen LogP contribution in [0, 0.1) is 17.6 Å². The number of halogens is 5. The van der Waals surface area contributed by atoms with Gasteiger partial charge in [-0.3, -0.25) is 4.90 Å². The number of likely N-dealkylation sites (tertiary alicyclic amines) is 1. The molecule has 0 bridgehead atoms. The molecule has 118 valence electrons. The Labute approximate surface area is 119 Å². The molecule has 0 unspecified atom stereocenters. The number of benzene rings is 1. The Morgan fingerprint density at radius 2 is 2.00 bits per heavy atom. The van der Waals surface area contributed by atoms with Gasteiger partial charge in [0.05, 0.1) is 6.54 Å². The van der Waals surface area contributed by atoms with Crippen LogP contribution in [0.5, 0.6) is 0 Å². The van der Waals surface area contributed by atoms with Crippen LogP contribution in [0.25, 0.3) is 0 Å². The monoisotopic (exact) mass is 308 g/mol. The van der Waals surface area contributed by atoms with Crippen molar-refractivity contribution in [1.82, 2.24) is 10.2 Å². The number of nitrogens with zero attached hydrogens (tertiary/aromatic N) is 1. The molecule has 1 aliphatic rings. The first-order valence-corrected chi connectivity index (χ1v) is 6.77. The Bertz CT molecular complexity index is 475. The van der Waals surface area contributed by atoms with E-state index in [0.717, 1.165) is 6.07 Å². The molecule has 0 aliphatic carbocycles. The minimum absolute atomic E-state index is 0.121. The van der Waals surface area contributed by atoms with E-state index < -0.39 is 24.4 Å². The van der Waals surface area contributed by atoms with E-state index in [0.29, 0.717) is 31.6 Å². The summed E-state index contributed by atoms with van der Waals surface area (Å²) in [5.74, 6) is -1.13. The third-order valence-corrected chi connectivity index (χ3v) is 3.54. The maximum absolute atomic E-state index is 13.4. The summed E-state index contributed by atoms with van der Waals surface area (Å²) in [4.78, 5) is 1.38. The molecule has 2 nitrogen and oxygen atoms in total. The molecule has 1 aliphatic heterocycles. The van der Waals surface area contributed by atoms with Crippen LogP contribution in [0.15, 0.2) is 18.2 Å². The lowest BCUT2D eigenvalue weighted by Crippen LogP contribution is -2.33. The molecule has 0 radical (unpaired) electrons. The zero-order chi connectivity index (χ0) is 15.5. The quantitative estimate of drug-likeness (QED) is 0.842. The molecule has 1 fully saturated rings. The van der Waals surface area contributed by atoms with Gasteiger partial charge in [-0.1, -0.05) is 6.07 Å². The first-order valence-electron chi connectivity index (χ1n) is 6.77. The average Bonchev–Trinajstić information content (AvgIpc) is 2.77. The van der Waals surface area contributed by atoms with Gasteiger partial charge in [0.2, 0.25) is 0 Å². The van der Waals surface area contributed by atoms with Crippen molar-refractivity contribution in [3.63, 3.8) is 0 Å². The van der Waals surface area contributed by atoms with Crippen LogP contribution < -0.4 is 5.32 Å². The maximum Gasteiger partial charge on any atom is 0.401 e. The molecule has 1 aromatic rings. The van der Waals surface area contributed by atoms with E-state index in [2.05, 4.69) is 5.32 Å². The molecule has 1 atom stereocenters. The van der Waals surface area contributed by atoms with Gasteiger partial charge in [0, 0.05) is 24.7 Å². The summed E-state index contributed by atoms with van der Waals surface area (Å²) >= 11 is 0. The van der Waals surface area contributed by atoms with E-state index in [9.17, 15) is 22.0 Å². The van der Waals surface area contributed by atoms with Gasteiger partial charge < -0.3 is 5.32 Å². The van der Waals surface area contributed by atoms with Crippen molar-refractivity contribution >= 4 is 0 Å². The van der Waals surface area contributed by atoms with E-state index in [1.165, 1.54) is 17.0 Å². The second-order valence-electron chi connectivity index (χ2n) is 5.37. The van der Waals surface area contributed by atoms with Crippen molar-refractivity contribution in [3.05, 3.63) is 35.4 Å². The van der Waals surface area contributed by atoms with Gasteiger partial charge in [0.15, 0.2) is 0 Å². The third-order valence-electron chi connectivity index (χ3n) is 3.54. The summed E-state index contributed by atoms with van der Waals surface area (Å²) in [6.45, 7) is 0.693. The number of hydrogen-bond acceptors (Lipinski definition) is 2. The van der Waals surface area contributed by atoms with Crippen LogP contribution in [0.1, 0.15) is 12.0 Å². The van der Waals surface area contributed by atoms with Gasteiger partial charge in [-0.15, -0.1) is 0 Å². The van der Waals surface area contributed by atoms with Gasteiger partial charge in [-0.2, -0.15) is 13.2 Å². The van der Waals surface area contributed by atoms with Gasteiger partial charge in [-0.05, 0) is 31.5 Å². The zero-order valence-electron chi connectivity index (χ0n) is 11.4. The fourth-order valence-electron chi connectivity index (χ4n) is 2.55. The van der Waals surface area contributed by atoms with Crippen LogP contribution in [-0.2, 0) is 6.54 Å². The Hall–Kier alpha value is -1.21. The summed E-state index contributed by atoms with van der Waals surface area (Å²) in [7, 11) is 0. The van der Waals surface area contributed by atoms with Gasteiger partial charge in [-0.25, -0.2) is 8.78 Å². The van der Waals surface area contributed by atoms with Crippen LogP contribution in [0.3, 0.4) is 0 Å². The third kappa shape index (κ3) is 5.24. The smallest absolute Gasteiger partial charge is 0.312 e. The number of hydrogen-bond donors (Lipinski definition) is 1. The largest absolute Gasteiger partial charge is 0.401 e. The Morgan fingerprint density at radius 1 is 1.24 bits per heavy atom. The van der Waals surface area contributed by atoms with Crippen LogP contribution in [-0.4, -0.2) is 37.3 Å². The molecule has 0 aromatic heterocycles. The van der Waals surface area contributed by atoms with Crippen molar-refractivity contribution in [3.8, 4) is 0 Å². The molecule has 7 heteroatoms. The summed E-state index contributed by atoms with van der Waals surface area (Å²) in [5, 5.41) is 3.02. The first-order chi connectivity index (χ1) is 9.83. The SMILES string of the molecule is Fc1ccc(CNC[C@H]2CCN(CC(F)(F)F)C2)c(F)c1. The Morgan fingerprint density at radius 3 is 2.67 bits per heavy atom. The Kier molecular flexibility index (Phi) is 5.16. The van der Waals surface area contributed by atoms with Crippen molar-refractivity contribution < 1.29 is 22.0 Å². The fourth-order valence-corrected chi connectivity index (χ4v) is 2.55. The van der Waals surface area contributed by atoms with Gasteiger partial charge >= 0.3 is 6.18 Å². The Balaban J connectivity index is 1.72. The molecule has 1 saturated heterocycles. The molecule has 2 rings (SSSR count). The topological polar surface area (TPSA) is 15.3 Å². The summed E-state index contributed by atoms with van der Waals surface area (Å²) in [6, 6.07) is 3.36. The molecule has 0 amide bonds. The van der Waals surface area contributed by atoms with E-state index in [-0.39, 0.29) is 12.5 Å². The van der Waals surface area contributed by atoms with Crippen molar-refractivity contribution in [2.45, 2.75) is 19.1 Å². The average molecular weight is 308 g/mol. The van der Waals surface area contributed by atoms with Crippen molar-refractivity contribution in [2.24, 2.45) is 5.92 Å². The van der Waals surface area contributed by atoms with Crippen LogP contribution in [0.4, 0.5) is 22.0 Å². The van der Waals surface area contributed by atoms with Crippen molar-refractivity contribution in [1.29, 1.82) is 0 Å². The number of alkyl halides is 3. The summed E-state index contributed by atoms with van der Waals surface area (Å²) < 4.78 is 62.9. The van der Waals surface area contributed by atoms with Crippen LogP contribution >= 0.6 is 0 Å². The zero-order valence-corrected chi connectivity index (χ0v) is 11.4. The lowest BCUT2D eigenvalue weighted by molar-refractivity contribution is -0.143. The van der Waals surface area contributed by atoms with Gasteiger partial charge in [0.25, 0.3) is 0 Å². The summed E-state index contributed by atoms with van der Waals surface area (Å²) in [6.07, 6.45) is -3.48. The number of nitrogens with one attached hydrogen (secondary N) is 1. The molecule has 1 aromatic carbocycles. The highest BCUT2D eigenvalue weighted by molar-refractivity contribution is 5.18. The molecule has 0 saturated carbocycles. The first kappa shape index (κ1) is 16.2. The summed E-state index contributed by atoms with van der Waals surface area (Å²) in [5.41, 5.74) is 0.349. The van der Waals surface area contributed by atoms with Crippen molar-refractivity contribution in [2.75, 3.05) is 26.2 Å². The second kappa shape index (κ2) is 6.70. The van der Waals surface area contributed by atoms with E-state index in [1.54, 1.807) is 0 Å². The predicted octanol–water partition coefficient (Wildman–Crippen LogP) is 2.94.